The normalized spacial score (nSPS) is 24.7. The second-order valence-electron chi connectivity index (χ2n) is 9.25. The van der Waals surface area contributed by atoms with Crippen molar-refractivity contribution in [1.82, 2.24) is 5.32 Å². The van der Waals surface area contributed by atoms with Gasteiger partial charge in [0, 0.05) is 51.1 Å². The van der Waals surface area contributed by atoms with Gasteiger partial charge in [0.1, 0.15) is 12.4 Å². The Morgan fingerprint density at radius 2 is 2.19 bits per heavy atom. The molecule has 1 aliphatic rings. The first-order chi connectivity index (χ1) is 17.2. The van der Waals surface area contributed by atoms with Crippen molar-refractivity contribution in [3.05, 3.63) is 23.8 Å². The number of nitrogens with two attached hydrogens (primary N) is 1. The molecule has 0 spiro atoms. The minimum atomic E-state index is -0.665. The van der Waals surface area contributed by atoms with E-state index in [0.717, 1.165) is 18.3 Å². The van der Waals surface area contributed by atoms with E-state index in [2.05, 4.69) is 29.1 Å². The van der Waals surface area contributed by atoms with Gasteiger partial charge < -0.3 is 35.5 Å². The number of hydrogen-bond acceptors (Lipinski definition) is 7. The molecule has 0 unspecified atom stereocenters. The highest BCUT2D eigenvalue weighted by molar-refractivity contribution is 5.77. The van der Waals surface area contributed by atoms with Crippen molar-refractivity contribution in [1.29, 1.82) is 0 Å². The Morgan fingerprint density at radius 1 is 1.42 bits per heavy atom. The number of aldehydes is 1. The van der Waals surface area contributed by atoms with Crippen LogP contribution >= 0.6 is 0 Å². The van der Waals surface area contributed by atoms with Crippen LogP contribution < -0.4 is 15.8 Å². The molecule has 0 bridgehead atoms. The third-order valence-corrected chi connectivity index (χ3v) is 6.56. The fourth-order valence-corrected chi connectivity index (χ4v) is 4.33. The number of aliphatic imine (C=N–C) groups is 1. The zero-order valence-electron chi connectivity index (χ0n) is 21.5. The Hall–Kier alpha value is -3.25. The van der Waals surface area contributed by atoms with Crippen LogP contribution in [0.25, 0.3) is 0 Å². The maximum atomic E-state index is 11.9. The van der Waals surface area contributed by atoms with E-state index in [1.807, 2.05) is 0 Å². The Labute approximate surface area is 213 Å². The largest absolute Gasteiger partial charge is 0.504 e. The van der Waals surface area contributed by atoms with Gasteiger partial charge in [-0.1, -0.05) is 18.9 Å². The van der Waals surface area contributed by atoms with Crippen LogP contribution in [0.2, 0.25) is 0 Å². The van der Waals surface area contributed by atoms with Crippen molar-refractivity contribution in [2.24, 2.45) is 22.1 Å². The van der Waals surface area contributed by atoms with Gasteiger partial charge in [-0.05, 0) is 43.4 Å². The summed E-state index contributed by atoms with van der Waals surface area (Å²) in [6, 6.07) is 5.05. The average molecular weight is 502 g/mol. The number of aliphatic hydroxyl groups excluding tert-OH is 1. The van der Waals surface area contributed by atoms with Gasteiger partial charge in [-0.2, -0.15) is 0 Å². The number of carbonyl (C=O) groups is 2. The summed E-state index contributed by atoms with van der Waals surface area (Å²) in [6.07, 6.45) is 2.98. The molecule has 0 saturated carbocycles. The van der Waals surface area contributed by atoms with E-state index in [9.17, 15) is 19.8 Å². The number of nitrogens with one attached hydrogen (secondary N) is 1. The Bertz CT molecular complexity index is 970. The number of phenolic OH excluding ortho intramolecular Hbond substituents is 1. The lowest BCUT2D eigenvalue weighted by Crippen LogP contribution is -2.41. The Kier molecular flexibility index (Phi) is 11.5. The van der Waals surface area contributed by atoms with Crippen LogP contribution in [-0.4, -0.2) is 60.8 Å². The third-order valence-electron chi connectivity index (χ3n) is 6.56. The molecule has 2 rings (SSSR count). The maximum Gasteiger partial charge on any atom is 0.302 e. The summed E-state index contributed by atoms with van der Waals surface area (Å²) < 4.78 is 11.2. The quantitative estimate of drug-likeness (QED) is 0.0955. The molecular weight excluding hydrogens is 462 g/mol. The van der Waals surface area contributed by atoms with E-state index in [4.69, 9.17) is 15.2 Å². The van der Waals surface area contributed by atoms with Crippen molar-refractivity contribution in [3.63, 3.8) is 0 Å². The molecule has 0 fully saturated rings. The van der Waals surface area contributed by atoms with Gasteiger partial charge in [-0.25, -0.2) is 0 Å². The monoisotopic (exact) mass is 501 g/mol. The van der Waals surface area contributed by atoms with Gasteiger partial charge in [-0.15, -0.1) is 5.92 Å². The number of rotatable bonds is 10. The first-order valence-electron chi connectivity index (χ1n) is 12.4. The molecular formula is C27H39N3O6. The first kappa shape index (κ1) is 29.0. The van der Waals surface area contributed by atoms with E-state index >= 15 is 0 Å². The predicted molar refractivity (Wildman–Crippen MR) is 138 cm³/mol. The molecule has 0 heterocycles. The van der Waals surface area contributed by atoms with Crippen LogP contribution in [0, 0.1) is 23.2 Å². The summed E-state index contributed by atoms with van der Waals surface area (Å²) in [5.74, 6) is 6.77. The van der Waals surface area contributed by atoms with Gasteiger partial charge in [0.15, 0.2) is 17.5 Å². The molecule has 36 heavy (non-hydrogen) atoms. The van der Waals surface area contributed by atoms with Crippen LogP contribution in [0.15, 0.2) is 23.2 Å². The SMILES string of the molecule is CC[C@@]1(CNC(N)=NC)C#CC[C@@H](Cc2ccc(O)c(OCCC=O)c2)[C@@H](OC(C)=O)C[C@@H](O)CC1. The second kappa shape index (κ2) is 14.3. The van der Waals surface area contributed by atoms with E-state index in [1.54, 1.807) is 25.2 Å². The number of benzene rings is 1. The number of phenols is 1. The molecule has 5 N–H and O–H groups in total. The van der Waals surface area contributed by atoms with Gasteiger partial charge in [-0.3, -0.25) is 9.79 Å². The van der Waals surface area contributed by atoms with E-state index < -0.39 is 18.2 Å². The van der Waals surface area contributed by atoms with Crippen LogP contribution in [0.5, 0.6) is 11.5 Å². The number of esters is 1. The summed E-state index contributed by atoms with van der Waals surface area (Å²) in [7, 11) is 1.62. The van der Waals surface area contributed by atoms with Crippen LogP contribution in [-0.2, 0) is 20.7 Å². The number of nitrogens with zero attached hydrogens (tertiary/aromatic N) is 1. The zero-order chi connectivity index (χ0) is 26.6. The van der Waals surface area contributed by atoms with Gasteiger partial charge in [0.25, 0.3) is 0 Å². The molecule has 1 aliphatic carbocycles. The summed E-state index contributed by atoms with van der Waals surface area (Å²) in [5.41, 5.74) is 6.32. The summed E-state index contributed by atoms with van der Waals surface area (Å²) in [6.45, 7) is 4.11. The smallest absolute Gasteiger partial charge is 0.302 e. The maximum absolute atomic E-state index is 11.9. The second-order valence-corrected chi connectivity index (χ2v) is 9.25. The third kappa shape index (κ3) is 9.08. The summed E-state index contributed by atoms with van der Waals surface area (Å²) in [4.78, 5) is 26.4. The van der Waals surface area contributed by atoms with Crippen molar-refractivity contribution in [3.8, 4) is 23.3 Å². The fraction of sp³-hybridized carbons (Fsp3) is 0.593. The topological polar surface area (TPSA) is 143 Å². The zero-order valence-corrected chi connectivity index (χ0v) is 21.5. The highest BCUT2D eigenvalue weighted by Crippen LogP contribution is 2.33. The number of hydrogen-bond donors (Lipinski definition) is 4. The molecule has 1 aromatic rings. The molecule has 9 heteroatoms. The highest BCUT2D eigenvalue weighted by Gasteiger charge is 2.32. The fourth-order valence-electron chi connectivity index (χ4n) is 4.33. The molecule has 4 atom stereocenters. The molecule has 0 amide bonds. The highest BCUT2D eigenvalue weighted by atomic mass is 16.5. The molecule has 0 saturated heterocycles. The molecule has 0 radical (unpaired) electrons. The lowest BCUT2D eigenvalue weighted by atomic mass is 9.77. The van der Waals surface area contributed by atoms with Crippen LogP contribution in [0.4, 0.5) is 0 Å². The molecule has 0 aromatic heterocycles. The molecule has 9 nitrogen and oxygen atoms in total. The standard InChI is InChI=1S/C27H39N3O6/c1-4-27(18-30-26(28)29-3)11-5-7-21(24(36-19(2)32)17-22(33)10-12-27)15-20-8-9-23(34)25(16-20)35-14-6-13-31/h8-9,13,16,21-22,24,33-34H,4,6-7,10,12,14-15,17-18H2,1-3H3,(H3,28,29,30)/t21-,22-,24-,27+/m0/s1. The predicted octanol–water partition coefficient (Wildman–Crippen LogP) is 2.32. The van der Waals surface area contributed by atoms with Crippen molar-refractivity contribution >= 4 is 18.2 Å². The minimum Gasteiger partial charge on any atom is -0.504 e. The number of guanidine groups is 1. The number of aromatic hydroxyl groups is 1. The number of ether oxygens (including phenoxy) is 2. The van der Waals surface area contributed by atoms with E-state index in [1.165, 1.54) is 6.92 Å². The van der Waals surface area contributed by atoms with E-state index in [0.29, 0.717) is 44.6 Å². The Morgan fingerprint density at radius 3 is 2.86 bits per heavy atom. The Balaban J connectivity index is 2.34. The minimum absolute atomic E-state index is 0.0162. The molecule has 1 aromatic carbocycles. The van der Waals surface area contributed by atoms with Crippen molar-refractivity contribution < 1.29 is 29.3 Å². The first-order valence-corrected chi connectivity index (χ1v) is 12.4. The lowest BCUT2D eigenvalue weighted by Gasteiger charge is -2.32. The lowest BCUT2D eigenvalue weighted by molar-refractivity contribution is -0.151. The number of aliphatic hydroxyl groups is 1. The van der Waals surface area contributed by atoms with Crippen molar-refractivity contribution in [2.45, 2.75) is 71.0 Å². The van der Waals surface area contributed by atoms with Gasteiger partial charge >= 0.3 is 5.97 Å². The molecule has 198 valence electrons. The van der Waals surface area contributed by atoms with Gasteiger partial charge in [0.2, 0.25) is 0 Å². The average Bonchev–Trinajstić information content (AvgIpc) is 2.85. The van der Waals surface area contributed by atoms with E-state index in [-0.39, 0.29) is 35.9 Å². The summed E-state index contributed by atoms with van der Waals surface area (Å²) in [5, 5.41) is 24.1. The summed E-state index contributed by atoms with van der Waals surface area (Å²) >= 11 is 0. The van der Waals surface area contributed by atoms with Gasteiger partial charge in [0.05, 0.1) is 12.7 Å². The van der Waals surface area contributed by atoms with Crippen LogP contribution in [0.3, 0.4) is 0 Å². The molecule has 0 aliphatic heterocycles. The van der Waals surface area contributed by atoms with Crippen LogP contribution in [0.1, 0.15) is 57.9 Å². The van der Waals surface area contributed by atoms with Crippen molar-refractivity contribution in [2.75, 3.05) is 20.2 Å². The number of carbonyl (C=O) groups excluding carboxylic acids is 2.